The van der Waals surface area contributed by atoms with Gasteiger partial charge in [0, 0.05) is 32.4 Å². The molecule has 0 fully saturated rings. The van der Waals surface area contributed by atoms with Crippen LogP contribution in [-0.4, -0.2) is 24.3 Å². The molecule has 2 N–H and O–H groups in total. The van der Waals surface area contributed by atoms with Gasteiger partial charge in [0.2, 0.25) is 5.95 Å². The molecule has 0 atom stereocenters. The molecule has 0 saturated carbocycles. The van der Waals surface area contributed by atoms with E-state index in [0.717, 1.165) is 29.8 Å². The molecule has 92 valence electrons. The van der Waals surface area contributed by atoms with Crippen molar-refractivity contribution in [3.05, 3.63) is 36.3 Å². The number of nitrogens with two attached hydrogens (primary N) is 1. The van der Waals surface area contributed by atoms with E-state index in [0.29, 0.717) is 5.95 Å². The van der Waals surface area contributed by atoms with E-state index in [1.54, 1.807) is 10.9 Å². The highest BCUT2D eigenvalue weighted by Crippen LogP contribution is 2.15. The molecular formula is C12H14N6. The number of aromatic nitrogens is 5. The van der Waals surface area contributed by atoms with Gasteiger partial charge in [0.15, 0.2) is 5.65 Å². The molecule has 0 amide bonds. The SMILES string of the molecule is Cn1ccc(CCn2c(N)nc3cccnc32)n1. The Bertz CT molecular complexity index is 681. The molecule has 3 heterocycles. The monoisotopic (exact) mass is 242 g/mol. The molecule has 0 aliphatic carbocycles. The molecule has 0 bridgehead atoms. The lowest BCUT2D eigenvalue weighted by molar-refractivity contribution is 0.679. The summed E-state index contributed by atoms with van der Waals surface area (Å²) in [5, 5.41) is 4.34. The summed E-state index contributed by atoms with van der Waals surface area (Å²) in [5.74, 6) is 0.500. The van der Waals surface area contributed by atoms with E-state index in [2.05, 4.69) is 15.1 Å². The second-order valence-electron chi connectivity index (χ2n) is 4.20. The van der Waals surface area contributed by atoms with Crippen molar-refractivity contribution in [2.45, 2.75) is 13.0 Å². The summed E-state index contributed by atoms with van der Waals surface area (Å²) in [4.78, 5) is 8.60. The van der Waals surface area contributed by atoms with Crippen molar-refractivity contribution in [1.29, 1.82) is 0 Å². The average molecular weight is 242 g/mol. The lowest BCUT2D eigenvalue weighted by atomic mass is 10.3. The van der Waals surface area contributed by atoms with Crippen LogP contribution in [0.1, 0.15) is 5.69 Å². The predicted molar refractivity (Wildman–Crippen MR) is 68.9 cm³/mol. The number of aryl methyl sites for hydroxylation is 3. The molecule has 3 aromatic rings. The number of hydrogen-bond acceptors (Lipinski definition) is 4. The molecule has 0 aliphatic rings. The van der Waals surface area contributed by atoms with Gasteiger partial charge in [0.25, 0.3) is 0 Å². The molecule has 3 rings (SSSR count). The largest absolute Gasteiger partial charge is 0.369 e. The van der Waals surface area contributed by atoms with E-state index in [9.17, 15) is 0 Å². The molecular weight excluding hydrogens is 228 g/mol. The van der Waals surface area contributed by atoms with Crippen LogP contribution in [0.3, 0.4) is 0 Å². The normalized spacial score (nSPS) is 11.2. The van der Waals surface area contributed by atoms with Crippen LogP contribution in [0.15, 0.2) is 30.6 Å². The van der Waals surface area contributed by atoms with E-state index < -0.39 is 0 Å². The van der Waals surface area contributed by atoms with E-state index in [1.807, 2.05) is 36.0 Å². The lowest BCUT2D eigenvalue weighted by Gasteiger charge is -2.03. The lowest BCUT2D eigenvalue weighted by Crippen LogP contribution is -2.07. The summed E-state index contributed by atoms with van der Waals surface area (Å²) in [5.41, 5.74) is 8.60. The fourth-order valence-corrected chi connectivity index (χ4v) is 2.02. The quantitative estimate of drug-likeness (QED) is 0.743. The number of pyridine rings is 1. The Hall–Kier alpha value is -2.37. The standard InChI is InChI=1S/C12H14N6/c1-17-7-4-9(16-17)5-8-18-11-10(15-12(18)13)3-2-6-14-11/h2-4,6-7H,5,8H2,1H3,(H2,13,15). The number of imidazole rings is 1. The van der Waals surface area contributed by atoms with Crippen LogP contribution in [0.25, 0.3) is 11.2 Å². The Morgan fingerprint density at radius 2 is 2.22 bits per heavy atom. The van der Waals surface area contributed by atoms with Gasteiger partial charge >= 0.3 is 0 Å². The zero-order valence-electron chi connectivity index (χ0n) is 10.1. The van der Waals surface area contributed by atoms with Crippen LogP contribution < -0.4 is 5.73 Å². The van der Waals surface area contributed by atoms with Crippen LogP contribution in [0.4, 0.5) is 5.95 Å². The highest BCUT2D eigenvalue weighted by atomic mass is 15.2. The number of fused-ring (bicyclic) bond motifs is 1. The summed E-state index contributed by atoms with van der Waals surface area (Å²) in [6.45, 7) is 0.732. The van der Waals surface area contributed by atoms with E-state index in [1.165, 1.54) is 0 Å². The summed E-state index contributed by atoms with van der Waals surface area (Å²) >= 11 is 0. The van der Waals surface area contributed by atoms with Crippen LogP contribution in [0, 0.1) is 0 Å². The van der Waals surface area contributed by atoms with Crippen molar-refractivity contribution in [2.75, 3.05) is 5.73 Å². The Morgan fingerprint density at radius 3 is 3.00 bits per heavy atom. The summed E-state index contributed by atoms with van der Waals surface area (Å²) < 4.78 is 3.72. The number of rotatable bonds is 3. The van der Waals surface area contributed by atoms with Gasteiger partial charge in [0.1, 0.15) is 5.52 Å². The molecule has 18 heavy (non-hydrogen) atoms. The van der Waals surface area contributed by atoms with Gasteiger partial charge in [-0.2, -0.15) is 5.10 Å². The zero-order valence-corrected chi connectivity index (χ0v) is 10.1. The topological polar surface area (TPSA) is 74.5 Å². The fraction of sp³-hybridized carbons (Fsp3) is 0.250. The first-order valence-corrected chi connectivity index (χ1v) is 5.79. The van der Waals surface area contributed by atoms with Gasteiger partial charge in [-0.05, 0) is 18.2 Å². The fourth-order valence-electron chi connectivity index (χ4n) is 2.02. The minimum absolute atomic E-state index is 0.500. The van der Waals surface area contributed by atoms with E-state index in [4.69, 9.17) is 5.73 Å². The maximum absolute atomic E-state index is 5.91. The first-order chi connectivity index (χ1) is 8.74. The molecule has 6 heteroatoms. The second kappa shape index (κ2) is 4.14. The van der Waals surface area contributed by atoms with Crippen molar-refractivity contribution in [2.24, 2.45) is 7.05 Å². The molecule has 0 unspecified atom stereocenters. The average Bonchev–Trinajstić information content (AvgIpc) is 2.90. The molecule has 0 aliphatic heterocycles. The number of anilines is 1. The predicted octanol–water partition coefficient (Wildman–Crippen LogP) is 0.990. The van der Waals surface area contributed by atoms with Crippen molar-refractivity contribution in [1.82, 2.24) is 24.3 Å². The van der Waals surface area contributed by atoms with Crippen molar-refractivity contribution < 1.29 is 0 Å². The Balaban J connectivity index is 1.88. The third-order valence-corrected chi connectivity index (χ3v) is 2.89. The second-order valence-corrected chi connectivity index (χ2v) is 4.20. The Labute approximate surface area is 104 Å². The van der Waals surface area contributed by atoms with Gasteiger partial charge < -0.3 is 5.73 Å². The first kappa shape index (κ1) is 10.8. The van der Waals surface area contributed by atoms with Gasteiger partial charge in [-0.3, -0.25) is 9.25 Å². The molecule has 0 aromatic carbocycles. The Morgan fingerprint density at radius 1 is 1.33 bits per heavy atom. The summed E-state index contributed by atoms with van der Waals surface area (Å²) in [6, 6.07) is 5.77. The highest BCUT2D eigenvalue weighted by molar-refractivity contribution is 5.73. The van der Waals surface area contributed by atoms with Gasteiger partial charge in [-0.15, -0.1) is 0 Å². The molecule has 0 saturated heterocycles. The maximum Gasteiger partial charge on any atom is 0.202 e. The molecule has 0 spiro atoms. The maximum atomic E-state index is 5.91. The van der Waals surface area contributed by atoms with Crippen molar-refractivity contribution in [3.8, 4) is 0 Å². The van der Waals surface area contributed by atoms with Crippen LogP contribution >= 0.6 is 0 Å². The molecule has 6 nitrogen and oxygen atoms in total. The van der Waals surface area contributed by atoms with Gasteiger partial charge in [0.05, 0.1) is 5.69 Å². The first-order valence-electron chi connectivity index (χ1n) is 5.79. The minimum atomic E-state index is 0.500. The smallest absolute Gasteiger partial charge is 0.202 e. The molecule has 3 aromatic heterocycles. The number of nitrogen functional groups attached to an aromatic ring is 1. The van der Waals surface area contributed by atoms with Crippen LogP contribution in [0.5, 0.6) is 0 Å². The number of hydrogen-bond donors (Lipinski definition) is 1. The number of nitrogens with zero attached hydrogens (tertiary/aromatic N) is 5. The highest BCUT2D eigenvalue weighted by Gasteiger charge is 2.09. The zero-order chi connectivity index (χ0) is 12.5. The third kappa shape index (κ3) is 1.81. The Kier molecular flexibility index (Phi) is 2.47. The van der Waals surface area contributed by atoms with Crippen LogP contribution in [-0.2, 0) is 20.0 Å². The van der Waals surface area contributed by atoms with Gasteiger partial charge in [-0.1, -0.05) is 0 Å². The summed E-state index contributed by atoms with van der Waals surface area (Å²) in [7, 11) is 1.91. The molecule has 0 radical (unpaired) electrons. The van der Waals surface area contributed by atoms with E-state index >= 15 is 0 Å². The third-order valence-electron chi connectivity index (χ3n) is 2.89. The van der Waals surface area contributed by atoms with Crippen molar-refractivity contribution >= 4 is 17.1 Å². The summed E-state index contributed by atoms with van der Waals surface area (Å²) in [6.07, 6.45) is 4.50. The van der Waals surface area contributed by atoms with E-state index in [-0.39, 0.29) is 0 Å². The van der Waals surface area contributed by atoms with Crippen LogP contribution in [0.2, 0.25) is 0 Å². The minimum Gasteiger partial charge on any atom is -0.369 e. The van der Waals surface area contributed by atoms with Crippen molar-refractivity contribution in [3.63, 3.8) is 0 Å². The van der Waals surface area contributed by atoms with Gasteiger partial charge in [-0.25, -0.2) is 9.97 Å².